The highest BCUT2D eigenvalue weighted by molar-refractivity contribution is 5.36. The molecule has 1 aromatic rings. The lowest BCUT2D eigenvalue weighted by molar-refractivity contribution is 0.0328. The number of ether oxygens (including phenoxy) is 1. The van der Waals surface area contributed by atoms with E-state index in [4.69, 9.17) is 4.74 Å². The van der Waals surface area contributed by atoms with Crippen LogP contribution >= 0.6 is 0 Å². The molecule has 1 N–H and O–H groups in total. The summed E-state index contributed by atoms with van der Waals surface area (Å²) >= 11 is 0. The highest BCUT2D eigenvalue weighted by Gasteiger charge is 2.21. The van der Waals surface area contributed by atoms with Crippen LogP contribution < -0.4 is 4.74 Å². The molecule has 0 spiro atoms. The fraction of sp³-hybridized carbons (Fsp3) is 0.538. The average molecular weight is 221 g/mol. The summed E-state index contributed by atoms with van der Waals surface area (Å²) in [6.07, 6.45) is 1.73. The van der Waals surface area contributed by atoms with Gasteiger partial charge in [0.25, 0.3) is 0 Å². The topological polar surface area (TPSA) is 32.7 Å². The lowest BCUT2D eigenvalue weighted by Crippen LogP contribution is -2.28. The lowest BCUT2D eigenvalue weighted by Gasteiger charge is -2.20. The molecule has 0 bridgehead atoms. The standard InChI is InChI=1S/C13H19NO2/c1-10-8-11(5-6-12(10)16-2)9-14-7-3-4-13(14)15/h5-6,8,13,15H,3-4,7,9H2,1-2H3. The van der Waals surface area contributed by atoms with Crippen LogP contribution in [0.25, 0.3) is 0 Å². The summed E-state index contributed by atoms with van der Waals surface area (Å²) in [5, 5.41) is 9.72. The number of methoxy groups -OCH3 is 1. The van der Waals surface area contributed by atoms with E-state index in [0.717, 1.165) is 37.2 Å². The van der Waals surface area contributed by atoms with Gasteiger partial charge in [-0.1, -0.05) is 12.1 Å². The molecule has 3 nitrogen and oxygen atoms in total. The highest BCUT2D eigenvalue weighted by atomic mass is 16.5. The molecule has 88 valence electrons. The third kappa shape index (κ3) is 2.36. The molecule has 0 amide bonds. The lowest BCUT2D eigenvalue weighted by atomic mass is 10.1. The Morgan fingerprint density at radius 1 is 1.50 bits per heavy atom. The Balaban J connectivity index is 2.07. The van der Waals surface area contributed by atoms with Gasteiger partial charge in [0.15, 0.2) is 0 Å². The predicted octanol–water partition coefficient (Wildman–Crippen LogP) is 1.92. The van der Waals surface area contributed by atoms with E-state index in [2.05, 4.69) is 17.0 Å². The zero-order valence-electron chi connectivity index (χ0n) is 9.94. The fourth-order valence-corrected chi connectivity index (χ4v) is 2.27. The second kappa shape index (κ2) is 4.85. The van der Waals surface area contributed by atoms with Crippen molar-refractivity contribution in [3.8, 4) is 5.75 Å². The van der Waals surface area contributed by atoms with Gasteiger partial charge >= 0.3 is 0 Å². The number of aliphatic hydroxyl groups is 1. The molecular weight excluding hydrogens is 202 g/mol. The van der Waals surface area contributed by atoms with Gasteiger partial charge in [0, 0.05) is 13.1 Å². The first kappa shape index (κ1) is 11.4. The van der Waals surface area contributed by atoms with E-state index in [9.17, 15) is 5.11 Å². The zero-order valence-corrected chi connectivity index (χ0v) is 9.94. The van der Waals surface area contributed by atoms with E-state index in [1.54, 1.807) is 7.11 Å². The molecular formula is C13H19NO2. The number of aryl methyl sites for hydroxylation is 1. The third-order valence-electron chi connectivity index (χ3n) is 3.17. The second-order valence-corrected chi connectivity index (χ2v) is 4.40. The van der Waals surface area contributed by atoms with Crippen LogP contribution in [-0.2, 0) is 6.54 Å². The minimum Gasteiger partial charge on any atom is -0.496 e. The van der Waals surface area contributed by atoms with Crippen LogP contribution in [0.2, 0.25) is 0 Å². The highest BCUT2D eigenvalue weighted by Crippen LogP contribution is 2.22. The Morgan fingerprint density at radius 3 is 2.88 bits per heavy atom. The van der Waals surface area contributed by atoms with Crippen molar-refractivity contribution in [2.45, 2.75) is 32.5 Å². The molecule has 1 atom stereocenters. The van der Waals surface area contributed by atoms with Gasteiger partial charge in [-0.3, -0.25) is 4.90 Å². The van der Waals surface area contributed by atoms with Gasteiger partial charge in [-0.2, -0.15) is 0 Å². The van der Waals surface area contributed by atoms with E-state index in [1.165, 1.54) is 5.56 Å². The molecule has 1 fully saturated rings. The molecule has 1 heterocycles. The van der Waals surface area contributed by atoms with Gasteiger partial charge in [0.1, 0.15) is 12.0 Å². The Bertz CT molecular complexity index is 365. The summed E-state index contributed by atoms with van der Waals surface area (Å²) in [4.78, 5) is 2.11. The van der Waals surface area contributed by atoms with Crippen LogP contribution in [0.3, 0.4) is 0 Å². The smallest absolute Gasteiger partial charge is 0.121 e. The minimum atomic E-state index is -0.262. The molecule has 1 aromatic carbocycles. The number of rotatable bonds is 3. The van der Waals surface area contributed by atoms with E-state index < -0.39 is 0 Å². The molecule has 0 aliphatic carbocycles. The van der Waals surface area contributed by atoms with Crippen molar-refractivity contribution < 1.29 is 9.84 Å². The molecule has 2 rings (SSSR count). The Labute approximate surface area is 96.6 Å². The third-order valence-corrected chi connectivity index (χ3v) is 3.17. The van der Waals surface area contributed by atoms with Gasteiger partial charge < -0.3 is 9.84 Å². The number of hydrogen-bond acceptors (Lipinski definition) is 3. The monoisotopic (exact) mass is 221 g/mol. The number of benzene rings is 1. The van der Waals surface area contributed by atoms with Gasteiger partial charge in [0.2, 0.25) is 0 Å². The maximum absolute atomic E-state index is 9.72. The first-order valence-corrected chi connectivity index (χ1v) is 5.76. The second-order valence-electron chi connectivity index (χ2n) is 4.40. The summed E-state index contributed by atoms with van der Waals surface area (Å²) in [6, 6.07) is 6.19. The summed E-state index contributed by atoms with van der Waals surface area (Å²) in [5.41, 5.74) is 2.38. The molecule has 16 heavy (non-hydrogen) atoms. The van der Waals surface area contributed by atoms with Gasteiger partial charge in [0.05, 0.1) is 7.11 Å². The van der Waals surface area contributed by atoms with E-state index in [1.807, 2.05) is 13.0 Å². The summed E-state index contributed by atoms with van der Waals surface area (Å²) in [5.74, 6) is 0.922. The van der Waals surface area contributed by atoms with Crippen molar-refractivity contribution in [1.29, 1.82) is 0 Å². The van der Waals surface area contributed by atoms with Crippen LogP contribution in [0.5, 0.6) is 5.75 Å². The number of hydrogen-bond donors (Lipinski definition) is 1. The van der Waals surface area contributed by atoms with Gasteiger partial charge in [-0.15, -0.1) is 0 Å². The molecule has 1 aliphatic rings. The Hall–Kier alpha value is -1.06. The largest absolute Gasteiger partial charge is 0.496 e. The first-order chi connectivity index (χ1) is 7.70. The minimum absolute atomic E-state index is 0.262. The Kier molecular flexibility index (Phi) is 3.46. The number of likely N-dealkylation sites (tertiary alicyclic amines) is 1. The average Bonchev–Trinajstić information content (AvgIpc) is 2.65. The van der Waals surface area contributed by atoms with Crippen molar-refractivity contribution in [1.82, 2.24) is 4.90 Å². The first-order valence-electron chi connectivity index (χ1n) is 5.76. The molecule has 1 aliphatic heterocycles. The predicted molar refractivity (Wildman–Crippen MR) is 63.4 cm³/mol. The quantitative estimate of drug-likeness (QED) is 0.846. The van der Waals surface area contributed by atoms with E-state index >= 15 is 0 Å². The van der Waals surface area contributed by atoms with Crippen LogP contribution in [0.1, 0.15) is 24.0 Å². The maximum atomic E-state index is 9.72. The molecule has 0 saturated carbocycles. The van der Waals surface area contributed by atoms with Crippen molar-refractivity contribution in [3.05, 3.63) is 29.3 Å². The number of nitrogens with zero attached hydrogens (tertiary/aromatic N) is 1. The van der Waals surface area contributed by atoms with Crippen LogP contribution in [0, 0.1) is 6.92 Å². The normalized spacial score (nSPS) is 21.3. The molecule has 0 radical (unpaired) electrons. The molecule has 3 heteroatoms. The Morgan fingerprint density at radius 2 is 2.31 bits per heavy atom. The van der Waals surface area contributed by atoms with Gasteiger partial charge in [-0.25, -0.2) is 0 Å². The fourth-order valence-electron chi connectivity index (χ4n) is 2.27. The van der Waals surface area contributed by atoms with Gasteiger partial charge in [-0.05, 0) is 37.0 Å². The molecule has 1 unspecified atom stereocenters. The summed E-state index contributed by atoms with van der Waals surface area (Å²) < 4.78 is 5.23. The van der Waals surface area contributed by atoms with Crippen molar-refractivity contribution in [2.75, 3.05) is 13.7 Å². The molecule has 0 aromatic heterocycles. The van der Waals surface area contributed by atoms with Crippen molar-refractivity contribution >= 4 is 0 Å². The summed E-state index contributed by atoms with van der Waals surface area (Å²) in [7, 11) is 1.69. The maximum Gasteiger partial charge on any atom is 0.121 e. The zero-order chi connectivity index (χ0) is 11.5. The number of aliphatic hydroxyl groups excluding tert-OH is 1. The molecule has 1 saturated heterocycles. The van der Waals surface area contributed by atoms with E-state index in [-0.39, 0.29) is 6.23 Å². The van der Waals surface area contributed by atoms with Crippen LogP contribution in [-0.4, -0.2) is 29.9 Å². The van der Waals surface area contributed by atoms with Crippen LogP contribution in [0.15, 0.2) is 18.2 Å². The SMILES string of the molecule is COc1ccc(CN2CCCC2O)cc1C. The van der Waals surface area contributed by atoms with Crippen molar-refractivity contribution in [3.63, 3.8) is 0 Å². The summed E-state index contributed by atoms with van der Waals surface area (Å²) in [6.45, 7) is 3.86. The van der Waals surface area contributed by atoms with E-state index in [0.29, 0.717) is 0 Å². The van der Waals surface area contributed by atoms with Crippen molar-refractivity contribution in [2.24, 2.45) is 0 Å². The van der Waals surface area contributed by atoms with Crippen LogP contribution in [0.4, 0.5) is 0 Å².